The monoisotopic (exact) mass is 236 g/mol. The molecule has 0 saturated heterocycles. The van der Waals surface area contributed by atoms with E-state index < -0.39 is 0 Å². The summed E-state index contributed by atoms with van der Waals surface area (Å²) in [4.78, 5) is 2.96. The fraction of sp³-hybridized carbons (Fsp3) is 0.250. The Labute approximate surface area is 98.7 Å². The lowest BCUT2D eigenvalue weighted by atomic mass is 10.1. The van der Waals surface area contributed by atoms with Crippen molar-refractivity contribution in [3.63, 3.8) is 0 Å². The Bertz CT molecular complexity index is 554. The van der Waals surface area contributed by atoms with Crippen molar-refractivity contribution in [3.8, 4) is 5.69 Å². The molecule has 0 aliphatic heterocycles. The van der Waals surface area contributed by atoms with Crippen molar-refractivity contribution in [2.24, 2.45) is 0 Å². The molecule has 0 fully saturated rings. The van der Waals surface area contributed by atoms with Gasteiger partial charge in [-0.15, -0.1) is 0 Å². The van der Waals surface area contributed by atoms with Crippen molar-refractivity contribution in [2.75, 3.05) is 0 Å². The summed E-state index contributed by atoms with van der Waals surface area (Å²) in [6.45, 7) is 4.10. The van der Waals surface area contributed by atoms with Crippen LogP contribution in [0.1, 0.15) is 25.5 Å². The zero-order valence-corrected chi connectivity index (χ0v) is 10.0. The molecule has 16 heavy (non-hydrogen) atoms. The van der Waals surface area contributed by atoms with Crippen LogP contribution < -0.4 is 0 Å². The lowest BCUT2D eigenvalue weighted by molar-refractivity contribution is 0.612. The Morgan fingerprint density at radius 3 is 2.62 bits per heavy atom. The topological polar surface area (TPSA) is 20.7 Å². The summed E-state index contributed by atoms with van der Waals surface area (Å²) < 4.78 is 16.0. The Kier molecular flexibility index (Phi) is 2.92. The molecule has 4 heteroatoms. The number of hydrogen-bond acceptors (Lipinski definition) is 1. The maximum Gasteiger partial charge on any atom is 0.182 e. The van der Waals surface area contributed by atoms with Crippen LogP contribution in [0.4, 0.5) is 4.39 Å². The Balaban J connectivity index is 2.69. The van der Waals surface area contributed by atoms with E-state index >= 15 is 0 Å². The summed E-state index contributed by atoms with van der Waals surface area (Å²) in [6.07, 6.45) is 1.83. The van der Waals surface area contributed by atoms with Crippen molar-refractivity contribution >= 4 is 12.2 Å². The largest absolute Gasteiger partial charge is 0.337 e. The van der Waals surface area contributed by atoms with Crippen LogP contribution in [-0.2, 0) is 0 Å². The summed E-state index contributed by atoms with van der Waals surface area (Å²) in [5, 5.41) is 0. The number of imidazole rings is 1. The molecule has 0 aliphatic rings. The van der Waals surface area contributed by atoms with E-state index in [0.717, 1.165) is 5.69 Å². The standard InChI is InChI=1S/C12H13FN2S/c1-8(2)11-7-14-12(16)15(11)10-6-4-3-5-9(10)13/h3-8H,1-2H3,(H,14,16). The van der Waals surface area contributed by atoms with Gasteiger partial charge in [-0.05, 0) is 30.3 Å². The number of aromatic nitrogens is 2. The molecule has 1 aromatic heterocycles. The molecular formula is C12H13FN2S. The molecule has 0 atom stereocenters. The van der Waals surface area contributed by atoms with Crippen LogP contribution in [0.5, 0.6) is 0 Å². The molecule has 0 radical (unpaired) electrons. The second-order valence-electron chi connectivity index (χ2n) is 3.96. The average Bonchev–Trinajstić information content (AvgIpc) is 2.61. The van der Waals surface area contributed by atoms with Crippen LogP contribution in [0.25, 0.3) is 5.69 Å². The highest BCUT2D eigenvalue weighted by atomic mass is 32.1. The quantitative estimate of drug-likeness (QED) is 0.787. The predicted molar refractivity (Wildman–Crippen MR) is 65.0 cm³/mol. The van der Waals surface area contributed by atoms with Crippen LogP contribution in [0, 0.1) is 10.6 Å². The van der Waals surface area contributed by atoms with Gasteiger partial charge in [0, 0.05) is 11.9 Å². The molecule has 2 rings (SSSR count). The van der Waals surface area contributed by atoms with Gasteiger partial charge in [0.15, 0.2) is 4.77 Å². The molecular weight excluding hydrogens is 223 g/mol. The highest BCUT2D eigenvalue weighted by molar-refractivity contribution is 7.71. The summed E-state index contributed by atoms with van der Waals surface area (Å²) in [7, 11) is 0. The first-order valence-corrected chi connectivity index (χ1v) is 5.57. The van der Waals surface area contributed by atoms with Crippen LogP contribution in [0.3, 0.4) is 0 Å². The van der Waals surface area contributed by atoms with Gasteiger partial charge in [-0.1, -0.05) is 26.0 Å². The SMILES string of the molecule is CC(C)c1c[nH]c(=S)n1-c1ccccc1F. The number of halogens is 1. The van der Waals surface area contributed by atoms with E-state index in [-0.39, 0.29) is 11.7 Å². The number of nitrogens with zero attached hydrogens (tertiary/aromatic N) is 1. The molecule has 2 nitrogen and oxygen atoms in total. The summed E-state index contributed by atoms with van der Waals surface area (Å²) in [5.41, 5.74) is 1.48. The molecule has 1 heterocycles. The van der Waals surface area contributed by atoms with Crippen LogP contribution in [0.2, 0.25) is 0 Å². The highest BCUT2D eigenvalue weighted by Gasteiger charge is 2.12. The van der Waals surface area contributed by atoms with Crippen molar-refractivity contribution < 1.29 is 4.39 Å². The maximum absolute atomic E-state index is 13.7. The molecule has 0 spiro atoms. The fourth-order valence-corrected chi connectivity index (χ4v) is 1.95. The Hall–Kier alpha value is -1.42. The molecule has 2 aromatic rings. The Morgan fingerprint density at radius 1 is 1.31 bits per heavy atom. The number of nitrogens with one attached hydrogen (secondary N) is 1. The minimum Gasteiger partial charge on any atom is -0.337 e. The molecule has 0 saturated carbocycles. The van der Waals surface area contributed by atoms with Crippen LogP contribution >= 0.6 is 12.2 Å². The van der Waals surface area contributed by atoms with Gasteiger partial charge in [-0.2, -0.15) is 0 Å². The zero-order chi connectivity index (χ0) is 11.7. The van der Waals surface area contributed by atoms with Crippen LogP contribution in [0.15, 0.2) is 30.5 Å². The van der Waals surface area contributed by atoms with Crippen molar-refractivity contribution in [1.29, 1.82) is 0 Å². The minimum absolute atomic E-state index is 0.264. The molecule has 1 N–H and O–H groups in total. The third-order valence-electron chi connectivity index (χ3n) is 2.49. The third kappa shape index (κ3) is 1.80. The maximum atomic E-state index is 13.7. The van der Waals surface area contributed by atoms with Gasteiger partial charge in [0.05, 0.1) is 5.69 Å². The molecule has 0 amide bonds. The number of H-pyrrole nitrogens is 1. The van der Waals surface area contributed by atoms with Gasteiger partial charge in [-0.3, -0.25) is 4.57 Å². The molecule has 0 aliphatic carbocycles. The van der Waals surface area contributed by atoms with Crippen molar-refractivity contribution in [3.05, 3.63) is 46.7 Å². The first-order chi connectivity index (χ1) is 7.61. The zero-order valence-electron chi connectivity index (χ0n) is 9.20. The Morgan fingerprint density at radius 2 is 2.00 bits per heavy atom. The summed E-state index contributed by atoms with van der Waals surface area (Å²) in [5.74, 6) is 0.0210. The third-order valence-corrected chi connectivity index (χ3v) is 2.79. The van der Waals surface area contributed by atoms with E-state index in [0.29, 0.717) is 10.5 Å². The van der Waals surface area contributed by atoms with E-state index in [1.54, 1.807) is 22.8 Å². The smallest absolute Gasteiger partial charge is 0.182 e. The first kappa shape index (κ1) is 11.1. The number of rotatable bonds is 2. The van der Waals surface area contributed by atoms with Crippen molar-refractivity contribution in [2.45, 2.75) is 19.8 Å². The highest BCUT2D eigenvalue weighted by Crippen LogP contribution is 2.21. The second kappa shape index (κ2) is 4.22. The molecule has 1 aromatic carbocycles. The summed E-state index contributed by atoms with van der Waals surface area (Å²) >= 11 is 5.17. The van der Waals surface area contributed by atoms with Gasteiger partial charge >= 0.3 is 0 Å². The number of para-hydroxylation sites is 1. The average molecular weight is 236 g/mol. The fourth-order valence-electron chi connectivity index (χ4n) is 1.69. The van der Waals surface area contributed by atoms with E-state index in [2.05, 4.69) is 18.8 Å². The first-order valence-electron chi connectivity index (χ1n) is 5.16. The van der Waals surface area contributed by atoms with Crippen molar-refractivity contribution in [1.82, 2.24) is 9.55 Å². The molecule has 0 unspecified atom stereocenters. The van der Waals surface area contributed by atoms with E-state index in [1.165, 1.54) is 6.07 Å². The number of benzene rings is 1. The van der Waals surface area contributed by atoms with E-state index in [1.807, 2.05) is 6.20 Å². The number of hydrogen-bond donors (Lipinski definition) is 1. The summed E-state index contributed by atoms with van der Waals surface area (Å²) in [6, 6.07) is 6.64. The minimum atomic E-state index is -0.264. The van der Waals surface area contributed by atoms with Gasteiger partial charge in [0.1, 0.15) is 5.82 Å². The number of aromatic amines is 1. The lowest BCUT2D eigenvalue weighted by Gasteiger charge is -2.11. The van der Waals surface area contributed by atoms with Gasteiger partial charge in [-0.25, -0.2) is 4.39 Å². The normalized spacial score (nSPS) is 11.0. The predicted octanol–water partition coefficient (Wildman–Crippen LogP) is 3.80. The van der Waals surface area contributed by atoms with Gasteiger partial charge in [0.2, 0.25) is 0 Å². The van der Waals surface area contributed by atoms with E-state index in [9.17, 15) is 4.39 Å². The van der Waals surface area contributed by atoms with Gasteiger partial charge < -0.3 is 4.98 Å². The van der Waals surface area contributed by atoms with Crippen LogP contribution in [-0.4, -0.2) is 9.55 Å². The van der Waals surface area contributed by atoms with E-state index in [4.69, 9.17) is 12.2 Å². The molecule has 84 valence electrons. The molecule has 0 bridgehead atoms. The van der Waals surface area contributed by atoms with Gasteiger partial charge in [0.25, 0.3) is 0 Å². The second-order valence-corrected chi connectivity index (χ2v) is 4.35. The lowest BCUT2D eigenvalue weighted by Crippen LogP contribution is -2.03.